The zero-order valence-electron chi connectivity index (χ0n) is 14.3. The van der Waals surface area contributed by atoms with Crippen LogP contribution >= 0.6 is 0 Å². The Hall–Kier alpha value is -2.63. The third-order valence-corrected chi connectivity index (χ3v) is 4.87. The molecule has 0 aliphatic carbocycles. The van der Waals surface area contributed by atoms with Gasteiger partial charge >= 0.3 is 12.4 Å². The molecule has 5 nitrogen and oxygen atoms in total. The van der Waals surface area contributed by atoms with E-state index in [-0.39, 0.29) is 35.4 Å². The molecular weight excluding hydrogens is 416 g/mol. The average molecular weight is 429 g/mol. The first kappa shape index (κ1) is 21.7. The third kappa shape index (κ3) is 4.80. The summed E-state index contributed by atoms with van der Waals surface area (Å²) in [7, 11) is -2.18. The van der Waals surface area contributed by atoms with Gasteiger partial charge < -0.3 is 9.47 Å². The smallest absolute Gasteiger partial charge is 0.416 e. The lowest BCUT2D eigenvalue weighted by atomic mass is 10.1. The van der Waals surface area contributed by atoms with Crippen molar-refractivity contribution >= 4 is 15.7 Å². The molecule has 0 unspecified atom stereocenters. The van der Waals surface area contributed by atoms with Crippen LogP contribution in [-0.4, -0.2) is 22.6 Å². The van der Waals surface area contributed by atoms with Gasteiger partial charge in [-0.1, -0.05) is 0 Å². The number of sulfonamides is 1. The molecule has 0 aliphatic rings. The molecule has 0 aliphatic heterocycles. The van der Waals surface area contributed by atoms with Gasteiger partial charge in [-0.2, -0.15) is 26.3 Å². The molecule has 154 valence electrons. The minimum Gasteiger partial charge on any atom is -0.493 e. The molecule has 0 fully saturated rings. The van der Waals surface area contributed by atoms with E-state index in [1.807, 2.05) is 4.72 Å². The molecule has 1 N–H and O–H groups in total. The molecule has 28 heavy (non-hydrogen) atoms. The Bertz CT molecular complexity index is 938. The number of alkyl halides is 6. The molecule has 0 heterocycles. The first-order valence-corrected chi connectivity index (χ1v) is 8.80. The molecule has 2 aromatic carbocycles. The van der Waals surface area contributed by atoms with Crippen molar-refractivity contribution in [3.63, 3.8) is 0 Å². The van der Waals surface area contributed by atoms with Gasteiger partial charge in [0.15, 0.2) is 11.5 Å². The van der Waals surface area contributed by atoms with Crippen LogP contribution in [0.25, 0.3) is 0 Å². The van der Waals surface area contributed by atoms with Crippen LogP contribution < -0.4 is 14.2 Å². The molecule has 0 aromatic heterocycles. The maximum atomic E-state index is 12.9. The summed E-state index contributed by atoms with van der Waals surface area (Å²) in [5.41, 5.74) is -3.63. The number of rotatable bonds is 5. The van der Waals surface area contributed by atoms with Crippen molar-refractivity contribution in [2.45, 2.75) is 17.2 Å². The van der Waals surface area contributed by atoms with Crippen LogP contribution in [0.3, 0.4) is 0 Å². The Labute approximate surface area is 155 Å². The van der Waals surface area contributed by atoms with Gasteiger partial charge in [0.05, 0.1) is 35.9 Å². The number of nitrogens with one attached hydrogen (secondary N) is 1. The van der Waals surface area contributed by atoms with Crippen molar-refractivity contribution in [1.82, 2.24) is 0 Å². The fourth-order valence-electron chi connectivity index (χ4n) is 2.20. The van der Waals surface area contributed by atoms with Crippen LogP contribution in [-0.2, 0) is 22.4 Å². The summed E-state index contributed by atoms with van der Waals surface area (Å²) >= 11 is 0. The average Bonchev–Trinajstić information content (AvgIpc) is 2.59. The summed E-state index contributed by atoms with van der Waals surface area (Å²) in [4.78, 5) is -1.19. The molecule has 0 amide bonds. The molecule has 0 atom stereocenters. The van der Waals surface area contributed by atoms with E-state index in [0.29, 0.717) is 0 Å². The van der Waals surface area contributed by atoms with Gasteiger partial charge in [0.1, 0.15) is 0 Å². The highest BCUT2D eigenvalue weighted by Crippen LogP contribution is 2.38. The lowest BCUT2D eigenvalue weighted by Gasteiger charge is -2.16. The van der Waals surface area contributed by atoms with Crippen molar-refractivity contribution in [2.75, 3.05) is 18.9 Å². The van der Waals surface area contributed by atoms with Crippen molar-refractivity contribution in [3.05, 3.63) is 47.5 Å². The number of anilines is 1. The van der Waals surface area contributed by atoms with Crippen molar-refractivity contribution < 1.29 is 44.2 Å². The fourth-order valence-corrected chi connectivity index (χ4v) is 3.31. The molecule has 0 saturated heterocycles. The summed E-state index contributed by atoms with van der Waals surface area (Å²) < 4.78 is 114. The minimum absolute atomic E-state index is 0.0997. The monoisotopic (exact) mass is 429 g/mol. The predicted molar refractivity (Wildman–Crippen MR) is 86.8 cm³/mol. The molecule has 12 heteroatoms. The van der Waals surface area contributed by atoms with Crippen LogP contribution in [0.5, 0.6) is 11.5 Å². The topological polar surface area (TPSA) is 64.6 Å². The van der Waals surface area contributed by atoms with Crippen LogP contribution in [0, 0.1) is 0 Å². The first-order valence-electron chi connectivity index (χ1n) is 7.32. The summed E-state index contributed by atoms with van der Waals surface area (Å²) in [6, 6.07) is 3.77. The predicted octanol–water partition coefficient (Wildman–Crippen LogP) is 4.54. The molecule has 0 saturated carbocycles. The van der Waals surface area contributed by atoms with Crippen LogP contribution in [0.2, 0.25) is 0 Å². The van der Waals surface area contributed by atoms with Crippen LogP contribution in [0.4, 0.5) is 32.0 Å². The van der Waals surface area contributed by atoms with Crippen LogP contribution in [0.15, 0.2) is 41.3 Å². The van der Waals surface area contributed by atoms with E-state index in [0.717, 1.165) is 6.07 Å². The highest BCUT2D eigenvalue weighted by molar-refractivity contribution is 7.92. The number of benzene rings is 2. The highest BCUT2D eigenvalue weighted by atomic mass is 32.2. The second kappa shape index (κ2) is 7.41. The third-order valence-electron chi connectivity index (χ3n) is 3.51. The van der Waals surface area contributed by atoms with Gasteiger partial charge in [0.25, 0.3) is 10.0 Å². The van der Waals surface area contributed by atoms with Gasteiger partial charge in [-0.05, 0) is 30.3 Å². The molecule has 0 spiro atoms. The molecule has 2 rings (SSSR count). The second-order valence-corrected chi connectivity index (χ2v) is 7.10. The summed E-state index contributed by atoms with van der Waals surface area (Å²) in [5, 5.41) is 0. The minimum atomic E-state index is -5.17. The van der Waals surface area contributed by atoms with Crippen molar-refractivity contribution in [2.24, 2.45) is 0 Å². The molecule has 0 radical (unpaired) electrons. The summed E-state index contributed by atoms with van der Waals surface area (Å²) in [6.07, 6.45) is -10.3. The fraction of sp³-hybridized carbons (Fsp3) is 0.250. The standard InChI is InChI=1S/C16H13F6NO4S/c1-26-13-4-3-11(8-14(13)27-2)23-28(24,25)12-6-9(15(17,18)19)5-10(7-12)16(20,21)22/h3-8,23H,1-2H3. The second-order valence-electron chi connectivity index (χ2n) is 5.42. The lowest BCUT2D eigenvalue weighted by Crippen LogP contribution is -2.17. The Kier molecular flexibility index (Phi) is 5.74. The lowest BCUT2D eigenvalue weighted by molar-refractivity contribution is -0.143. The number of hydrogen-bond donors (Lipinski definition) is 1. The van der Waals surface area contributed by atoms with E-state index >= 15 is 0 Å². The van der Waals surface area contributed by atoms with Crippen molar-refractivity contribution in [1.29, 1.82) is 0 Å². The summed E-state index contributed by atoms with van der Waals surface area (Å²) in [5.74, 6) is 0.339. The number of ether oxygens (including phenoxy) is 2. The summed E-state index contributed by atoms with van der Waals surface area (Å²) in [6.45, 7) is 0. The van der Waals surface area contributed by atoms with E-state index in [1.54, 1.807) is 0 Å². The molecular formula is C16H13F6NO4S. The zero-order valence-corrected chi connectivity index (χ0v) is 15.1. The van der Waals surface area contributed by atoms with Gasteiger partial charge in [-0.25, -0.2) is 8.42 Å². The van der Waals surface area contributed by atoms with E-state index in [9.17, 15) is 34.8 Å². The van der Waals surface area contributed by atoms with Gasteiger partial charge in [0, 0.05) is 6.07 Å². The molecule has 0 bridgehead atoms. The Morgan fingerprint density at radius 3 is 1.71 bits per heavy atom. The van der Waals surface area contributed by atoms with E-state index < -0.39 is 38.4 Å². The number of methoxy groups -OCH3 is 2. The SMILES string of the molecule is COc1ccc(NS(=O)(=O)c2cc(C(F)(F)F)cc(C(F)(F)F)c2)cc1OC. The van der Waals surface area contributed by atoms with E-state index in [2.05, 4.69) is 0 Å². The van der Waals surface area contributed by atoms with Crippen LogP contribution in [0.1, 0.15) is 11.1 Å². The molecule has 2 aromatic rings. The van der Waals surface area contributed by atoms with Gasteiger partial charge in [-0.3, -0.25) is 4.72 Å². The first-order chi connectivity index (χ1) is 12.8. The number of hydrogen-bond acceptors (Lipinski definition) is 4. The normalized spacial score (nSPS) is 12.6. The van der Waals surface area contributed by atoms with E-state index in [1.165, 1.54) is 26.4 Å². The number of halogens is 6. The highest BCUT2D eigenvalue weighted by Gasteiger charge is 2.38. The maximum Gasteiger partial charge on any atom is 0.416 e. The quantitative estimate of drug-likeness (QED) is 0.709. The largest absolute Gasteiger partial charge is 0.493 e. The van der Waals surface area contributed by atoms with E-state index in [4.69, 9.17) is 9.47 Å². The van der Waals surface area contributed by atoms with Crippen molar-refractivity contribution in [3.8, 4) is 11.5 Å². The Morgan fingerprint density at radius 2 is 1.29 bits per heavy atom. The maximum absolute atomic E-state index is 12.9. The zero-order chi connectivity index (χ0) is 21.3. The van der Waals surface area contributed by atoms with Gasteiger partial charge in [-0.15, -0.1) is 0 Å². The Balaban J connectivity index is 2.53. The Morgan fingerprint density at radius 1 is 0.786 bits per heavy atom. The van der Waals surface area contributed by atoms with Gasteiger partial charge in [0.2, 0.25) is 0 Å².